The summed E-state index contributed by atoms with van der Waals surface area (Å²) in [6, 6.07) is 11.4. The average molecular weight is 571 g/mol. The Balaban J connectivity index is 1.77. The Bertz CT molecular complexity index is 1250. The quantitative estimate of drug-likeness (QED) is 0.233. The van der Waals surface area contributed by atoms with Gasteiger partial charge in [-0.3, -0.25) is 14.3 Å². The third-order valence-electron chi connectivity index (χ3n) is 5.17. The van der Waals surface area contributed by atoms with Gasteiger partial charge in [-0.25, -0.2) is 4.79 Å². The summed E-state index contributed by atoms with van der Waals surface area (Å²) in [5.74, 6) is -0.271. The van der Waals surface area contributed by atoms with E-state index in [-0.39, 0.29) is 56.2 Å². The Labute approximate surface area is 226 Å². The fraction of sp³-hybridized carbons (Fsp3) is 0.320. The molecule has 0 spiro atoms. The molecule has 14 heteroatoms. The number of hydrogen-bond acceptors (Lipinski definition) is 7. The number of nitrogens with one attached hydrogen (secondary N) is 1. The van der Waals surface area contributed by atoms with Crippen LogP contribution in [0.15, 0.2) is 48.5 Å². The number of anilines is 1. The number of rotatable bonds is 13. The minimum atomic E-state index is -4.83. The van der Waals surface area contributed by atoms with E-state index < -0.39 is 18.1 Å². The lowest BCUT2D eigenvalue weighted by atomic mass is 10.2. The SMILES string of the molecule is CN(C(=O)NCCCO)c1nc(OCCOc2cccc(OC(F)(F)F)c2)n(Cc2ccc(Cl)cc2)c1C=O. The van der Waals surface area contributed by atoms with Crippen molar-refractivity contribution < 1.29 is 42.1 Å². The molecule has 3 rings (SSSR count). The number of urea groups is 1. The van der Waals surface area contributed by atoms with Crippen molar-refractivity contribution >= 4 is 29.7 Å². The first-order chi connectivity index (χ1) is 18.6. The highest BCUT2D eigenvalue weighted by Gasteiger charge is 2.31. The number of benzene rings is 2. The lowest BCUT2D eigenvalue weighted by Gasteiger charge is -2.16. The van der Waals surface area contributed by atoms with Crippen molar-refractivity contribution in [2.24, 2.45) is 0 Å². The van der Waals surface area contributed by atoms with Crippen LogP contribution in [0.5, 0.6) is 17.5 Å². The molecule has 0 radical (unpaired) electrons. The van der Waals surface area contributed by atoms with Crippen LogP contribution in [-0.4, -0.2) is 66.8 Å². The first kappa shape index (κ1) is 29.6. The molecule has 3 aromatic rings. The van der Waals surface area contributed by atoms with Crippen LogP contribution in [0, 0.1) is 0 Å². The van der Waals surface area contributed by atoms with Crippen LogP contribution in [0.1, 0.15) is 22.5 Å². The van der Waals surface area contributed by atoms with E-state index in [1.807, 2.05) is 0 Å². The number of ether oxygens (including phenoxy) is 3. The number of carbonyl (C=O) groups is 2. The van der Waals surface area contributed by atoms with Crippen molar-refractivity contribution in [3.63, 3.8) is 0 Å². The zero-order valence-electron chi connectivity index (χ0n) is 20.8. The molecule has 210 valence electrons. The molecule has 0 aliphatic rings. The van der Waals surface area contributed by atoms with Gasteiger partial charge in [0.15, 0.2) is 12.1 Å². The number of alkyl halides is 3. The molecule has 0 fully saturated rings. The maximum absolute atomic E-state index is 12.5. The van der Waals surface area contributed by atoms with E-state index in [1.165, 1.54) is 23.7 Å². The molecular formula is C25H26ClF3N4O6. The second-order valence-electron chi connectivity index (χ2n) is 8.02. The molecule has 39 heavy (non-hydrogen) atoms. The van der Waals surface area contributed by atoms with Crippen LogP contribution in [0.3, 0.4) is 0 Å². The lowest BCUT2D eigenvalue weighted by molar-refractivity contribution is -0.274. The summed E-state index contributed by atoms with van der Waals surface area (Å²) in [5.41, 5.74) is 0.835. The summed E-state index contributed by atoms with van der Waals surface area (Å²) in [4.78, 5) is 30.1. The summed E-state index contributed by atoms with van der Waals surface area (Å²) < 4.78 is 54.0. The van der Waals surface area contributed by atoms with Crippen LogP contribution in [-0.2, 0) is 6.54 Å². The van der Waals surface area contributed by atoms with E-state index in [4.69, 9.17) is 26.2 Å². The number of halogens is 4. The molecule has 2 aromatic carbocycles. The minimum absolute atomic E-state index is 0.00909. The summed E-state index contributed by atoms with van der Waals surface area (Å²) in [6.07, 6.45) is -3.93. The third kappa shape index (κ3) is 8.79. The predicted octanol–water partition coefficient (Wildman–Crippen LogP) is 4.28. The fourth-order valence-electron chi connectivity index (χ4n) is 3.37. The van der Waals surface area contributed by atoms with Gasteiger partial charge < -0.3 is 24.6 Å². The van der Waals surface area contributed by atoms with Gasteiger partial charge >= 0.3 is 12.4 Å². The van der Waals surface area contributed by atoms with Gasteiger partial charge in [0.05, 0.1) is 6.54 Å². The lowest BCUT2D eigenvalue weighted by Crippen LogP contribution is -2.38. The Hall–Kier alpha value is -3.97. The molecule has 0 atom stereocenters. The molecule has 10 nitrogen and oxygen atoms in total. The van der Waals surface area contributed by atoms with Crippen molar-refractivity contribution in [1.82, 2.24) is 14.9 Å². The summed E-state index contributed by atoms with van der Waals surface area (Å²) in [6.45, 7) is 0.111. The molecule has 1 aromatic heterocycles. The van der Waals surface area contributed by atoms with Gasteiger partial charge in [0.2, 0.25) is 0 Å². The van der Waals surface area contributed by atoms with E-state index in [9.17, 15) is 22.8 Å². The highest BCUT2D eigenvalue weighted by atomic mass is 35.5. The highest BCUT2D eigenvalue weighted by molar-refractivity contribution is 6.30. The van der Waals surface area contributed by atoms with E-state index in [0.717, 1.165) is 22.6 Å². The first-order valence-corrected chi connectivity index (χ1v) is 12.0. The van der Waals surface area contributed by atoms with Crippen LogP contribution < -0.4 is 24.4 Å². The number of carbonyl (C=O) groups excluding carboxylic acids is 2. The molecule has 0 saturated heterocycles. The van der Waals surface area contributed by atoms with Crippen molar-refractivity contribution in [2.45, 2.75) is 19.3 Å². The maximum Gasteiger partial charge on any atom is 0.573 e. The van der Waals surface area contributed by atoms with Crippen molar-refractivity contribution in [3.05, 3.63) is 64.8 Å². The second-order valence-corrected chi connectivity index (χ2v) is 8.46. The van der Waals surface area contributed by atoms with Crippen molar-refractivity contribution in [3.8, 4) is 17.5 Å². The molecule has 0 unspecified atom stereocenters. The normalized spacial score (nSPS) is 11.1. The number of hydrogen-bond donors (Lipinski definition) is 2. The monoisotopic (exact) mass is 570 g/mol. The van der Waals surface area contributed by atoms with Gasteiger partial charge in [-0.2, -0.15) is 4.98 Å². The first-order valence-electron chi connectivity index (χ1n) is 11.6. The van der Waals surface area contributed by atoms with Gasteiger partial charge in [-0.15, -0.1) is 13.2 Å². The number of aromatic nitrogens is 2. The molecule has 2 N–H and O–H groups in total. The van der Waals surface area contributed by atoms with Crippen LogP contribution in [0.2, 0.25) is 5.02 Å². The number of aliphatic hydroxyl groups is 1. The zero-order chi connectivity index (χ0) is 28.4. The highest BCUT2D eigenvalue weighted by Crippen LogP contribution is 2.27. The largest absolute Gasteiger partial charge is 0.573 e. The predicted molar refractivity (Wildman–Crippen MR) is 136 cm³/mol. The summed E-state index contributed by atoms with van der Waals surface area (Å²) in [7, 11) is 1.43. The number of nitrogens with zero attached hydrogens (tertiary/aromatic N) is 3. The minimum Gasteiger partial charge on any atom is -0.490 e. The molecule has 0 aliphatic heterocycles. The van der Waals surface area contributed by atoms with Crippen molar-refractivity contribution in [2.75, 3.05) is 38.3 Å². The number of imidazole rings is 1. The number of aliphatic hydroxyl groups excluding tert-OH is 1. The molecular weight excluding hydrogens is 545 g/mol. The van der Waals surface area contributed by atoms with Gasteiger partial charge in [0.1, 0.15) is 30.4 Å². The van der Waals surface area contributed by atoms with E-state index >= 15 is 0 Å². The van der Waals surface area contributed by atoms with Crippen LogP contribution >= 0.6 is 11.6 Å². The second kappa shape index (κ2) is 13.7. The zero-order valence-corrected chi connectivity index (χ0v) is 21.5. The maximum atomic E-state index is 12.5. The molecule has 0 bridgehead atoms. The Morgan fingerprint density at radius 3 is 2.51 bits per heavy atom. The standard InChI is InChI=1S/C25H26ClF3N4O6/c1-32(23(36)30-10-3-11-34)22-21(16-35)33(15-17-6-8-18(26)9-7-17)24(31-22)38-13-12-37-19-4-2-5-20(14-19)39-25(27,28)29/h2,4-9,14,16,34H,3,10-13,15H2,1H3,(H,30,36). The fourth-order valence-corrected chi connectivity index (χ4v) is 3.50. The Kier molecular flexibility index (Phi) is 10.4. The van der Waals surface area contributed by atoms with Gasteiger partial charge in [-0.05, 0) is 36.2 Å². The van der Waals surface area contributed by atoms with E-state index in [0.29, 0.717) is 17.7 Å². The smallest absolute Gasteiger partial charge is 0.490 e. The van der Waals surface area contributed by atoms with Gasteiger partial charge in [-0.1, -0.05) is 29.8 Å². The molecule has 0 saturated carbocycles. The average Bonchev–Trinajstić information content (AvgIpc) is 3.23. The summed E-state index contributed by atoms with van der Waals surface area (Å²) in [5, 5.41) is 12.1. The summed E-state index contributed by atoms with van der Waals surface area (Å²) >= 11 is 5.97. The number of amides is 2. The van der Waals surface area contributed by atoms with Crippen LogP contribution in [0.25, 0.3) is 0 Å². The van der Waals surface area contributed by atoms with Gasteiger partial charge in [0, 0.05) is 31.3 Å². The van der Waals surface area contributed by atoms with E-state index in [1.54, 1.807) is 24.3 Å². The third-order valence-corrected chi connectivity index (χ3v) is 5.43. The Morgan fingerprint density at radius 1 is 1.15 bits per heavy atom. The van der Waals surface area contributed by atoms with E-state index in [2.05, 4.69) is 15.0 Å². The van der Waals surface area contributed by atoms with Gasteiger partial charge in [0.25, 0.3) is 6.01 Å². The molecule has 2 amide bonds. The molecule has 1 heterocycles. The van der Waals surface area contributed by atoms with Crippen LogP contribution in [0.4, 0.5) is 23.8 Å². The molecule has 0 aliphatic carbocycles. The van der Waals surface area contributed by atoms with Crippen molar-refractivity contribution in [1.29, 1.82) is 0 Å². The number of aldehydes is 1. The Morgan fingerprint density at radius 2 is 1.85 bits per heavy atom. The topological polar surface area (TPSA) is 115 Å².